The van der Waals surface area contributed by atoms with Crippen molar-refractivity contribution in [3.63, 3.8) is 0 Å². The number of ether oxygens (including phenoxy) is 3. The summed E-state index contributed by atoms with van der Waals surface area (Å²) in [6, 6.07) is 29.6. The number of rotatable bonds is 9. The number of aromatic nitrogens is 2. The minimum Gasteiger partial charge on any atom is -0.485 e. The van der Waals surface area contributed by atoms with Gasteiger partial charge < -0.3 is 23.9 Å². The molecule has 1 aliphatic rings. The Bertz CT molecular complexity index is 1550. The summed E-state index contributed by atoms with van der Waals surface area (Å²) in [7, 11) is 0. The average molecular weight is 506 g/mol. The zero-order valence-corrected chi connectivity index (χ0v) is 20.7. The topological polar surface area (TPSA) is 74.1 Å². The van der Waals surface area contributed by atoms with Crippen LogP contribution in [0.25, 0.3) is 5.65 Å². The van der Waals surface area contributed by atoms with Gasteiger partial charge in [0.05, 0.1) is 5.69 Å². The van der Waals surface area contributed by atoms with Crippen LogP contribution in [0.3, 0.4) is 0 Å². The lowest BCUT2D eigenvalue weighted by Crippen LogP contribution is -2.25. The Morgan fingerprint density at radius 2 is 1.68 bits per heavy atom. The first-order valence-corrected chi connectivity index (χ1v) is 12.6. The maximum atomic E-state index is 13.2. The fourth-order valence-electron chi connectivity index (χ4n) is 4.69. The van der Waals surface area contributed by atoms with Crippen LogP contribution >= 0.6 is 0 Å². The fraction of sp³-hybridized carbons (Fsp3) is 0.161. The summed E-state index contributed by atoms with van der Waals surface area (Å²) < 4.78 is 19.3. The van der Waals surface area contributed by atoms with Gasteiger partial charge in [-0.2, -0.15) is 0 Å². The number of pyridine rings is 1. The molecule has 0 fully saturated rings. The molecule has 0 saturated heterocycles. The summed E-state index contributed by atoms with van der Waals surface area (Å²) in [6.07, 6.45) is 4.02. The molecule has 1 unspecified atom stereocenters. The Kier molecular flexibility index (Phi) is 6.64. The van der Waals surface area contributed by atoms with Crippen LogP contribution in [0.4, 0.5) is 0 Å². The van der Waals surface area contributed by atoms with E-state index in [-0.39, 0.29) is 25.0 Å². The van der Waals surface area contributed by atoms with Gasteiger partial charge >= 0.3 is 0 Å². The van der Waals surface area contributed by atoms with Crippen molar-refractivity contribution in [2.45, 2.75) is 25.5 Å². The molecule has 0 saturated carbocycles. The largest absolute Gasteiger partial charge is 0.485 e. The second-order valence-corrected chi connectivity index (χ2v) is 9.16. The van der Waals surface area contributed by atoms with Crippen LogP contribution in [0.1, 0.15) is 34.7 Å². The zero-order valence-electron chi connectivity index (χ0n) is 20.7. The molecule has 5 aromatic rings. The molecule has 0 bridgehead atoms. The van der Waals surface area contributed by atoms with Crippen molar-refractivity contribution < 1.29 is 19.0 Å². The van der Waals surface area contributed by atoms with Crippen molar-refractivity contribution in [3.05, 3.63) is 126 Å². The van der Waals surface area contributed by atoms with Gasteiger partial charge in [-0.3, -0.25) is 4.79 Å². The zero-order chi connectivity index (χ0) is 25.7. The van der Waals surface area contributed by atoms with Gasteiger partial charge in [0.2, 0.25) is 12.7 Å². The summed E-state index contributed by atoms with van der Waals surface area (Å²) in [5, 5.41) is 3.06. The molecule has 2 aromatic heterocycles. The highest BCUT2D eigenvalue weighted by atomic mass is 16.7. The Labute approximate surface area is 220 Å². The molecule has 1 amide bonds. The van der Waals surface area contributed by atoms with E-state index in [2.05, 4.69) is 5.32 Å². The number of carbonyl (C=O) groups is 1. The van der Waals surface area contributed by atoms with Crippen molar-refractivity contribution in [1.82, 2.24) is 14.7 Å². The van der Waals surface area contributed by atoms with Crippen LogP contribution in [0, 0.1) is 0 Å². The van der Waals surface area contributed by atoms with Crippen LogP contribution < -0.4 is 19.5 Å². The molecule has 190 valence electrons. The number of imidazole rings is 1. The first-order chi connectivity index (χ1) is 18.7. The van der Waals surface area contributed by atoms with Gasteiger partial charge in [-0.15, -0.1) is 0 Å². The Morgan fingerprint density at radius 1 is 0.921 bits per heavy atom. The third-order valence-corrected chi connectivity index (χ3v) is 6.64. The number of carbonyl (C=O) groups excluding carboxylic acids is 1. The van der Waals surface area contributed by atoms with E-state index in [0.717, 1.165) is 22.4 Å². The van der Waals surface area contributed by atoms with Crippen molar-refractivity contribution in [3.8, 4) is 17.2 Å². The van der Waals surface area contributed by atoms with Gasteiger partial charge in [0.1, 0.15) is 6.61 Å². The second kappa shape index (κ2) is 10.7. The minimum atomic E-state index is -0.264. The smallest absolute Gasteiger partial charge is 0.231 e. The first-order valence-electron chi connectivity index (χ1n) is 12.6. The molecular formula is C31H27N3O4. The molecule has 1 aliphatic heterocycles. The van der Waals surface area contributed by atoms with E-state index < -0.39 is 0 Å². The third-order valence-electron chi connectivity index (χ3n) is 6.64. The molecule has 38 heavy (non-hydrogen) atoms. The second-order valence-electron chi connectivity index (χ2n) is 9.16. The highest BCUT2D eigenvalue weighted by Crippen LogP contribution is 2.38. The summed E-state index contributed by atoms with van der Waals surface area (Å²) in [4.78, 5) is 17.9. The lowest BCUT2D eigenvalue weighted by Gasteiger charge is -2.18. The van der Waals surface area contributed by atoms with E-state index >= 15 is 0 Å². The molecule has 0 radical (unpaired) electrons. The first kappa shape index (κ1) is 23.6. The standard InChI is InChI=1S/C31H27N3O4/c35-30(32-18-22-8-3-1-4-9-22)17-25(24-13-14-27-29(16-24)38-21-37-27)26-19-33-31-28(12-7-15-34(26)31)36-20-23-10-5-2-6-11-23/h1-16,19,25H,17-18,20-21H2,(H,32,35). The molecule has 7 heteroatoms. The van der Waals surface area contributed by atoms with Crippen LogP contribution in [0.15, 0.2) is 103 Å². The Morgan fingerprint density at radius 3 is 2.50 bits per heavy atom. The van der Waals surface area contributed by atoms with Gasteiger partial charge in [0, 0.05) is 31.3 Å². The molecular weight excluding hydrogens is 478 g/mol. The highest BCUT2D eigenvalue weighted by molar-refractivity contribution is 5.77. The lowest BCUT2D eigenvalue weighted by molar-refractivity contribution is -0.121. The van der Waals surface area contributed by atoms with Gasteiger partial charge in [0.25, 0.3) is 0 Å². The van der Waals surface area contributed by atoms with Crippen LogP contribution in [-0.2, 0) is 17.9 Å². The van der Waals surface area contributed by atoms with Crippen LogP contribution in [0.2, 0.25) is 0 Å². The van der Waals surface area contributed by atoms with Gasteiger partial charge in [-0.25, -0.2) is 4.98 Å². The SMILES string of the molecule is O=C(CC(c1ccc2c(c1)OCO2)c1cnc2c(OCc3ccccc3)cccn12)NCc1ccccc1. The maximum absolute atomic E-state index is 13.2. The monoisotopic (exact) mass is 505 g/mol. The lowest BCUT2D eigenvalue weighted by atomic mass is 9.92. The number of nitrogens with zero attached hydrogens (tertiary/aromatic N) is 2. The number of hydrogen-bond donors (Lipinski definition) is 1. The van der Waals surface area contributed by atoms with E-state index in [1.807, 2.05) is 108 Å². The quantitative estimate of drug-likeness (QED) is 0.287. The summed E-state index contributed by atoms with van der Waals surface area (Å²) in [5.41, 5.74) is 4.67. The Balaban J connectivity index is 1.30. The number of hydrogen-bond acceptors (Lipinski definition) is 5. The summed E-state index contributed by atoms with van der Waals surface area (Å²) >= 11 is 0. The molecule has 7 nitrogen and oxygen atoms in total. The van der Waals surface area contributed by atoms with Gasteiger partial charge in [-0.1, -0.05) is 66.7 Å². The molecule has 3 heterocycles. The third kappa shape index (κ3) is 5.04. The average Bonchev–Trinajstić information content (AvgIpc) is 3.62. The maximum Gasteiger partial charge on any atom is 0.231 e. The number of benzene rings is 3. The van der Waals surface area contributed by atoms with E-state index in [0.29, 0.717) is 36.0 Å². The molecule has 3 aromatic carbocycles. The number of fused-ring (bicyclic) bond motifs is 2. The molecule has 1 N–H and O–H groups in total. The summed E-state index contributed by atoms with van der Waals surface area (Å²) in [5.74, 6) is 1.75. The van der Waals surface area contributed by atoms with Gasteiger partial charge in [0.15, 0.2) is 22.9 Å². The predicted octanol–water partition coefficient (Wildman–Crippen LogP) is 5.48. The normalized spacial score (nSPS) is 12.8. The van der Waals surface area contributed by atoms with Crippen molar-refractivity contribution in [2.75, 3.05) is 6.79 Å². The Hall–Kier alpha value is -4.78. The predicted molar refractivity (Wildman–Crippen MR) is 143 cm³/mol. The molecule has 1 atom stereocenters. The number of amides is 1. The van der Waals surface area contributed by atoms with E-state index in [1.54, 1.807) is 0 Å². The van der Waals surface area contributed by atoms with Crippen molar-refractivity contribution >= 4 is 11.6 Å². The minimum absolute atomic E-state index is 0.0528. The highest BCUT2D eigenvalue weighted by Gasteiger charge is 2.25. The van der Waals surface area contributed by atoms with Crippen molar-refractivity contribution in [1.29, 1.82) is 0 Å². The van der Waals surface area contributed by atoms with Crippen LogP contribution in [-0.4, -0.2) is 22.1 Å². The fourth-order valence-corrected chi connectivity index (χ4v) is 4.69. The van der Waals surface area contributed by atoms with Crippen LogP contribution in [0.5, 0.6) is 17.2 Å². The number of nitrogens with one attached hydrogen (secondary N) is 1. The summed E-state index contributed by atoms with van der Waals surface area (Å²) in [6.45, 7) is 1.10. The van der Waals surface area contributed by atoms with E-state index in [1.165, 1.54) is 0 Å². The van der Waals surface area contributed by atoms with E-state index in [9.17, 15) is 4.79 Å². The molecule has 0 aliphatic carbocycles. The van der Waals surface area contributed by atoms with Crippen molar-refractivity contribution in [2.24, 2.45) is 0 Å². The molecule has 0 spiro atoms. The van der Waals surface area contributed by atoms with Gasteiger partial charge in [-0.05, 0) is 41.0 Å². The molecule has 6 rings (SSSR count). The van der Waals surface area contributed by atoms with E-state index in [4.69, 9.17) is 19.2 Å².